The van der Waals surface area contributed by atoms with E-state index in [0.717, 1.165) is 30.3 Å². The van der Waals surface area contributed by atoms with E-state index >= 15 is 0 Å². The maximum absolute atomic E-state index is 12.0. The lowest BCUT2D eigenvalue weighted by Gasteiger charge is -2.22. The first-order valence-corrected chi connectivity index (χ1v) is 8.72. The van der Waals surface area contributed by atoms with Crippen molar-refractivity contribution < 1.29 is 13.2 Å². The number of sulfonamides is 1. The summed E-state index contributed by atoms with van der Waals surface area (Å²) in [7, 11) is -3.40. The zero-order chi connectivity index (χ0) is 13.7. The van der Waals surface area contributed by atoms with E-state index in [9.17, 15) is 8.42 Å². The Labute approximate surface area is 122 Å². The molecule has 1 aliphatic rings. The lowest BCUT2D eigenvalue weighted by molar-refractivity contribution is 0.0123. The van der Waals surface area contributed by atoms with Crippen molar-refractivity contribution in [3.8, 4) is 0 Å². The van der Waals surface area contributed by atoms with Gasteiger partial charge in [0, 0.05) is 17.6 Å². The van der Waals surface area contributed by atoms with Gasteiger partial charge in [-0.1, -0.05) is 15.9 Å². The highest BCUT2D eigenvalue weighted by molar-refractivity contribution is 9.10. The molecule has 4 nitrogen and oxygen atoms in total. The number of rotatable bonds is 5. The Kier molecular flexibility index (Phi) is 5.38. The van der Waals surface area contributed by atoms with E-state index < -0.39 is 10.0 Å². The molecule has 1 unspecified atom stereocenters. The molecule has 0 saturated carbocycles. The van der Waals surface area contributed by atoms with Crippen molar-refractivity contribution in [1.82, 2.24) is 4.72 Å². The molecular weight excluding hydrogens is 330 g/mol. The van der Waals surface area contributed by atoms with Crippen LogP contribution in [-0.4, -0.2) is 27.7 Å². The highest BCUT2D eigenvalue weighted by Gasteiger charge is 2.17. The largest absolute Gasteiger partial charge is 0.378 e. The summed E-state index contributed by atoms with van der Waals surface area (Å²) in [6, 6.07) is 6.62. The number of halogens is 1. The van der Waals surface area contributed by atoms with Crippen molar-refractivity contribution in [3.63, 3.8) is 0 Å². The minimum absolute atomic E-state index is 0.196. The van der Waals surface area contributed by atoms with Crippen LogP contribution in [0.2, 0.25) is 0 Å². The van der Waals surface area contributed by atoms with Gasteiger partial charge in [-0.3, -0.25) is 0 Å². The van der Waals surface area contributed by atoms with Gasteiger partial charge in [-0.05, 0) is 49.9 Å². The first-order chi connectivity index (χ1) is 9.08. The number of ether oxygens (including phenoxy) is 1. The standard InChI is InChI=1S/C13H18BrNO3S/c14-11-4-6-13(7-5-11)19(16,17)15-9-8-12-3-1-2-10-18-12/h4-7,12,15H,1-3,8-10H2. The minimum atomic E-state index is -3.40. The van der Waals surface area contributed by atoms with E-state index in [1.807, 2.05) is 0 Å². The molecule has 0 aliphatic carbocycles. The second-order valence-corrected chi connectivity index (χ2v) is 7.31. The van der Waals surface area contributed by atoms with Crippen LogP contribution in [0.4, 0.5) is 0 Å². The monoisotopic (exact) mass is 347 g/mol. The fraction of sp³-hybridized carbons (Fsp3) is 0.538. The second kappa shape index (κ2) is 6.83. The number of hydrogen-bond acceptors (Lipinski definition) is 3. The molecule has 19 heavy (non-hydrogen) atoms. The normalized spacial score (nSPS) is 20.4. The van der Waals surface area contributed by atoms with E-state index in [1.165, 1.54) is 6.42 Å². The molecule has 1 atom stereocenters. The summed E-state index contributed by atoms with van der Waals surface area (Å²) in [5, 5.41) is 0. The number of benzene rings is 1. The lowest BCUT2D eigenvalue weighted by atomic mass is 10.1. The summed E-state index contributed by atoms with van der Waals surface area (Å²) in [5.74, 6) is 0. The third kappa shape index (κ3) is 4.56. The first-order valence-electron chi connectivity index (χ1n) is 6.45. The predicted molar refractivity (Wildman–Crippen MR) is 77.5 cm³/mol. The van der Waals surface area contributed by atoms with Crippen LogP contribution in [0.15, 0.2) is 33.6 Å². The van der Waals surface area contributed by atoms with Gasteiger partial charge in [0.25, 0.3) is 0 Å². The van der Waals surface area contributed by atoms with Crippen LogP contribution in [0.3, 0.4) is 0 Å². The Balaban J connectivity index is 1.85. The third-order valence-electron chi connectivity index (χ3n) is 3.16. The minimum Gasteiger partial charge on any atom is -0.378 e. The van der Waals surface area contributed by atoms with Gasteiger partial charge >= 0.3 is 0 Å². The van der Waals surface area contributed by atoms with Crippen molar-refractivity contribution in [2.75, 3.05) is 13.2 Å². The van der Waals surface area contributed by atoms with E-state index in [0.29, 0.717) is 11.4 Å². The van der Waals surface area contributed by atoms with Crippen molar-refractivity contribution in [1.29, 1.82) is 0 Å². The molecule has 0 amide bonds. The molecule has 2 rings (SSSR count). The molecule has 0 bridgehead atoms. The van der Waals surface area contributed by atoms with Gasteiger partial charge < -0.3 is 4.74 Å². The Morgan fingerprint density at radius 3 is 2.63 bits per heavy atom. The molecule has 0 radical (unpaired) electrons. The molecule has 1 aliphatic heterocycles. The van der Waals surface area contributed by atoms with Gasteiger partial charge in [0.1, 0.15) is 0 Å². The zero-order valence-electron chi connectivity index (χ0n) is 10.6. The van der Waals surface area contributed by atoms with Crippen LogP contribution >= 0.6 is 15.9 Å². The Morgan fingerprint density at radius 1 is 1.26 bits per heavy atom. The van der Waals surface area contributed by atoms with Crippen LogP contribution in [0, 0.1) is 0 Å². The van der Waals surface area contributed by atoms with Gasteiger partial charge in [-0.15, -0.1) is 0 Å². The second-order valence-electron chi connectivity index (χ2n) is 4.63. The average Bonchev–Trinajstić information content (AvgIpc) is 2.40. The van der Waals surface area contributed by atoms with Gasteiger partial charge in [0.05, 0.1) is 11.0 Å². The van der Waals surface area contributed by atoms with Gasteiger partial charge in [0.15, 0.2) is 0 Å². The van der Waals surface area contributed by atoms with E-state index in [4.69, 9.17) is 4.74 Å². The summed E-state index contributed by atoms with van der Waals surface area (Å²) >= 11 is 3.29. The third-order valence-corrected chi connectivity index (χ3v) is 5.16. The van der Waals surface area contributed by atoms with E-state index in [1.54, 1.807) is 24.3 Å². The fourth-order valence-electron chi connectivity index (χ4n) is 2.09. The van der Waals surface area contributed by atoms with E-state index in [2.05, 4.69) is 20.7 Å². The first kappa shape index (κ1) is 15.0. The summed E-state index contributed by atoms with van der Waals surface area (Å²) in [6.07, 6.45) is 4.24. The number of nitrogens with one attached hydrogen (secondary N) is 1. The van der Waals surface area contributed by atoms with Crippen molar-refractivity contribution in [2.45, 2.75) is 36.7 Å². The predicted octanol–water partition coefficient (Wildman–Crippen LogP) is 2.69. The van der Waals surface area contributed by atoms with Gasteiger partial charge in [-0.25, -0.2) is 13.1 Å². The molecule has 6 heteroatoms. The molecule has 1 saturated heterocycles. The Morgan fingerprint density at radius 2 is 2.00 bits per heavy atom. The molecule has 1 heterocycles. The van der Waals surface area contributed by atoms with Crippen molar-refractivity contribution >= 4 is 26.0 Å². The maximum atomic E-state index is 12.0. The van der Waals surface area contributed by atoms with Crippen molar-refractivity contribution in [2.24, 2.45) is 0 Å². The Bertz CT molecular complexity index is 495. The van der Waals surface area contributed by atoms with Crippen molar-refractivity contribution in [3.05, 3.63) is 28.7 Å². The van der Waals surface area contributed by atoms with Gasteiger partial charge in [0.2, 0.25) is 10.0 Å². The molecule has 1 aromatic carbocycles. The maximum Gasteiger partial charge on any atom is 0.240 e. The molecule has 1 aromatic rings. The summed E-state index contributed by atoms with van der Waals surface area (Å²) in [5.41, 5.74) is 0. The Hall–Kier alpha value is -0.430. The zero-order valence-corrected chi connectivity index (χ0v) is 13.0. The van der Waals surface area contributed by atoms with Crippen LogP contribution in [0.1, 0.15) is 25.7 Å². The molecule has 0 spiro atoms. The van der Waals surface area contributed by atoms with Crippen LogP contribution in [0.25, 0.3) is 0 Å². The molecular formula is C13H18BrNO3S. The topological polar surface area (TPSA) is 55.4 Å². The van der Waals surface area contributed by atoms with Crippen LogP contribution < -0.4 is 4.72 Å². The highest BCUT2D eigenvalue weighted by atomic mass is 79.9. The summed E-state index contributed by atoms with van der Waals surface area (Å²) < 4.78 is 33.1. The SMILES string of the molecule is O=S(=O)(NCCC1CCCCO1)c1ccc(Br)cc1. The lowest BCUT2D eigenvalue weighted by Crippen LogP contribution is -2.29. The molecule has 0 aromatic heterocycles. The number of hydrogen-bond donors (Lipinski definition) is 1. The molecule has 1 N–H and O–H groups in total. The highest BCUT2D eigenvalue weighted by Crippen LogP contribution is 2.16. The summed E-state index contributed by atoms with van der Waals surface area (Å²) in [4.78, 5) is 0.292. The smallest absolute Gasteiger partial charge is 0.240 e. The van der Waals surface area contributed by atoms with Crippen LogP contribution in [-0.2, 0) is 14.8 Å². The van der Waals surface area contributed by atoms with E-state index in [-0.39, 0.29) is 6.10 Å². The molecule has 106 valence electrons. The summed E-state index contributed by atoms with van der Waals surface area (Å²) in [6.45, 7) is 1.22. The fourth-order valence-corrected chi connectivity index (χ4v) is 3.40. The molecule has 1 fully saturated rings. The average molecular weight is 348 g/mol. The van der Waals surface area contributed by atoms with Crippen LogP contribution in [0.5, 0.6) is 0 Å². The quantitative estimate of drug-likeness (QED) is 0.890. The van der Waals surface area contributed by atoms with Gasteiger partial charge in [-0.2, -0.15) is 0 Å².